The number of carbonyl (C=O) groups is 2. The normalized spacial score (nSPS) is 11.7. The smallest absolute Gasteiger partial charge is 0.416 e. The molecule has 0 bridgehead atoms. The van der Waals surface area contributed by atoms with E-state index >= 15 is 0 Å². The molecule has 1 aromatic carbocycles. The summed E-state index contributed by atoms with van der Waals surface area (Å²) in [5.74, 6) is -1.48. The standard InChI is InChI=1S/C15H15F3N2O3/c1-19(6-5-13(21)22)14(23)12-8-9-7-10(15(16,17)18)3-4-11(9)20(12)2/h3-4,7-8H,5-6H2,1-2H3,(H,21,22). The fraction of sp³-hybridized carbons (Fsp3) is 0.333. The second-order valence-corrected chi connectivity index (χ2v) is 5.23. The van der Waals surface area contributed by atoms with Crippen LogP contribution in [0.3, 0.4) is 0 Å². The number of hydrogen-bond donors (Lipinski definition) is 1. The molecule has 1 N–H and O–H groups in total. The Hall–Kier alpha value is -2.51. The average molecular weight is 328 g/mol. The van der Waals surface area contributed by atoms with Gasteiger partial charge in [0.05, 0.1) is 12.0 Å². The van der Waals surface area contributed by atoms with Crippen LogP contribution < -0.4 is 0 Å². The average Bonchev–Trinajstić information content (AvgIpc) is 2.79. The molecule has 124 valence electrons. The molecular formula is C15H15F3N2O3. The SMILES string of the molecule is CN(CCC(=O)O)C(=O)c1cc2cc(C(F)(F)F)ccc2n1C. The van der Waals surface area contributed by atoms with E-state index in [1.54, 1.807) is 7.05 Å². The quantitative estimate of drug-likeness (QED) is 0.939. The Balaban J connectivity index is 2.36. The highest BCUT2D eigenvalue weighted by Crippen LogP contribution is 2.32. The molecule has 0 atom stereocenters. The van der Waals surface area contributed by atoms with Gasteiger partial charge in [0.1, 0.15) is 5.69 Å². The molecule has 1 amide bonds. The summed E-state index contributed by atoms with van der Waals surface area (Å²) >= 11 is 0. The van der Waals surface area contributed by atoms with Crippen LogP contribution in [0, 0.1) is 0 Å². The highest BCUT2D eigenvalue weighted by molar-refractivity contribution is 5.98. The second-order valence-electron chi connectivity index (χ2n) is 5.23. The van der Waals surface area contributed by atoms with Gasteiger partial charge in [0.25, 0.3) is 5.91 Å². The van der Waals surface area contributed by atoms with E-state index in [0.29, 0.717) is 10.9 Å². The van der Waals surface area contributed by atoms with Crippen LogP contribution in [-0.2, 0) is 18.0 Å². The number of carboxylic acids is 1. The third kappa shape index (κ3) is 3.46. The molecule has 0 saturated heterocycles. The Kier molecular flexibility index (Phi) is 4.35. The number of aliphatic carboxylic acids is 1. The van der Waals surface area contributed by atoms with Crippen molar-refractivity contribution in [2.45, 2.75) is 12.6 Å². The third-order valence-electron chi connectivity index (χ3n) is 3.60. The van der Waals surface area contributed by atoms with E-state index < -0.39 is 23.6 Å². The Bertz CT molecular complexity index is 765. The summed E-state index contributed by atoms with van der Waals surface area (Å²) in [5, 5.41) is 8.94. The van der Waals surface area contributed by atoms with Crippen LogP contribution in [0.1, 0.15) is 22.5 Å². The first kappa shape index (κ1) is 16.9. The van der Waals surface area contributed by atoms with Crippen molar-refractivity contribution in [3.05, 3.63) is 35.5 Å². The Labute approximate surface area is 129 Å². The van der Waals surface area contributed by atoms with Crippen molar-refractivity contribution in [2.75, 3.05) is 13.6 Å². The fourth-order valence-corrected chi connectivity index (χ4v) is 2.29. The first-order chi connectivity index (χ1) is 10.6. The lowest BCUT2D eigenvalue weighted by molar-refractivity contribution is -0.138. The molecule has 0 radical (unpaired) electrons. The number of amides is 1. The van der Waals surface area contributed by atoms with Crippen LogP contribution in [0.25, 0.3) is 10.9 Å². The maximum atomic E-state index is 12.7. The molecule has 0 fully saturated rings. The van der Waals surface area contributed by atoms with Gasteiger partial charge in [-0.1, -0.05) is 0 Å². The number of aromatic nitrogens is 1. The van der Waals surface area contributed by atoms with Crippen molar-refractivity contribution >= 4 is 22.8 Å². The predicted molar refractivity (Wildman–Crippen MR) is 77.1 cm³/mol. The molecule has 2 rings (SSSR count). The van der Waals surface area contributed by atoms with Crippen molar-refractivity contribution in [3.8, 4) is 0 Å². The van der Waals surface area contributed by atoms with Crippen molar-refractivity contribution in [3.63, 3.8) is 0 Å². The van der Waals surface area contributed by atoms with Gasteiger partial charge in [-0.2, -0.15) is 13.2 Å². The number of fused-ring (bicyclic) bond motifs is 1. The van der Waals surface area contributed by atoms with Gasteiger partial charge < -0.3 is 14.6 Å². The number of aryl methyl sites for hydroxylation is 1. The van der Waals surface area contributed by atoms with Crippen LogP contribution >= 0.6 is 0 Å². The molecule has 0 aliphatic heterocycles. The number of hydrogen-bond acceptors (Lipinski definition) is 2. The number of benzene rings is 1. The number of halogens is 3. The Morgan fingerprint density at radius 3 is 2.48 bits per heavy atom. The van der Waals surface area contributed by atoms with Crippen molar-refractivity contribution in [2.24, 2.45) is 7.05 Å². The van der Waals surface area contributed by atoms with Crippen LogP contribution in [0.5, 0.6) is 0 Å². The predicted octanol–water partition coefficient (Wildman–Crippen LogP) is 2.74. The van der Waals surface area contributed by atoms with Gasteiger partial charge in [-0.05, 0) is 24.3 Å². The molecule has 5 nitrogen and oxygen atoms in total. The molecular weight excluding hydrogens is 313 g/mol. The van der Waals surface area contributed by atoms with Gasteiger partial charge in [-0.15, -0.1) is 0 Å². The maximum Gasteiger partial charge on any atom is 0.416 e. The Morgan fingerprint density at radius 2 is 1.91 bits per heavy atom. The lowest BCUT2D eigenvalue weighted by Gasteiger charge is -2.16. The minimum absolute atomic E-state index is 0.0174. The van der Waals surface area contributed by atoms with E-state index in [2.05, 4.69) is 0 Å². The van der Waals surface area contributed by atoms with Crippen LogP contribution in [0.15, 0.2) is 24.3 Å². The zero-order chi connectivity index (χ0) is 17.4. The molecule has 0 saturated carbocycles. The minimum atomic E-state index is -4.45. The van der Waals surface area contributed by atoms with E-state index in [-0.39, 0.29) is 18.7 Å². The summed E-state index contributed by atoms with van der Waals surface area (Å²) in [7, 11) is 3.03. The number of rotatable bonds is 4. The molecule has 0 aliphatic rings. The van der Waals surface area contributed by atoms with Gasteiger partial charge in [0.2, 0.25) is 0 Å². The zero-order valence-electron chi connectivity index (χ0n) is 12.5. The zero-order valence-corrected chi connectivity index (χ0v) is 12.5. The lowest BCUT2D eigenvalue weighted by Crippen LogP contribution is -2.30. The highest BCUT2D eigenvalue weighted by atomic mass is 19.4. The first-order valence-electron chi connectivity index (χ1n) is 6.75. The third-order valence-corrected chi connectivity index (χ3v) is 3.60. The number of alkyl halides is 3. The van der Waals surface area contributed by atoms with E-state index in [4.69, 9.17) is 5.11 Å². The van der Waals surface area contributed by atoms with E-state index in [9.17, 15) is 22.8 Å². The second kappa shape index (κ2) is 5.94. The number of nitrogens with zero attached hydrogens (tertiary/aromatic N) is 2. The van der Waals surface area contributed by atoms with Gasteiger partial charge in [0.15, 0.2) is 0 Å². The highest BCUT2D eigenvalue weighted by Gasteiger charge is 2.31. The largest absolute Gasteiger partial charge is 0.481 e. The molecule has 0 aliphatic carbocycles. The summed E-state index contributed by atoms with van der Waals surface area (Å²) in [4.78, 5) is 24.1. The topological polar surface area (TPSA) is 62.5 Å². The molecule has 0 spiro atoms. The fourth-order valence-electron chi connectivity index (χ4n) is 2.29. The van der Waals surface area contributed by atoms with E-state index in [1.807, 2.05) is 0 Å². The van der Waals surface area contributed by atoms with Gasteiger partial charge in [0, 0.05) is 31.5 Å². The summed E-state index contributed by atoms with van der Waals surface area (Å²) < 4.78 is 39.7. The van der Waals surface area contributed by atoms with Gasteiger partial charge in [-0.3, -0.25) is 9.59 Å². The molecule has 1 heterocycles. The first-order valence-corrected chi connectivity index (χ1v) is 6.75. The Morgan fingerprint density at radius 1 is 1.26 bits per heavy atom. The van der Waals surface area contributed by atoms with E-state index in [1.165, 1.54) is 28.6 Å². The van der Waals surface area contributed by atoms with Crippen LogP contribution in [0.2, 0.25) is 0 Å². The van der Waals surface area contributed by atoms with Gasteiger partial charge >= 0.3 is 12.1 Å². The molecule has 8 heteroatoms. The molecule has 2 aromatic rings. The number of carbonyl (C=O) groups excluding carboxylic acids is 1. The monoisotopic (exact) mass is 328 g/mol. The minimum Gasteiger partial charge on any atom is -0.481 e. The van der Waals surface area contributed by atoms with E-state index in [0.717, 1.165) is 12.1 Å². The van der Waals surface area contributed by atoms with Crippen molar-refractivity contribution < 1.29 is 27.9 Å². The summed E-state index contributed by atoms with van der Waals surface area (Å²) in [5.41, 5.74) is -0.0889. The molecule has 0 unspecified atom stereocenters. The number of carboxylic acid groups (broad SMARTS) is 1. The van der Waals surface area contributed by atoms with Crippen LogP contribution in [0.4, 0.5) is 13.2 Å². The maximum absolute atomic E-state index is 12.7. The molecule has 1 aromatic heterocycles. The lowest BCUT2D eigenvalue weighted by atomic mass is 10.1. The summed E-state index contributed by atoms with van der Waals surface area (Å²) in [6, 6.07) is 4.64. The molecule has 23 heavy (non-hydrogen) atoms. The summed E-state index contributed by atoms with van der Waals surface area (Å²) in [6.45, 7) is 0.0174. The van der Waals surface area contributed by atoms with Crippen molar-refractivity contribution in [1.29, 1.82) is 0 Å². The van der Waals surface area contributed by atoms with Gasteiger partial charge in [-0.25, -0.2) is 0 Å². The van der Waals surface area contributed by atoms with Crippen LogP contribution in [-0.4, -0.2) is 40.0 Å². The van der Waals surface area contributed by atoms with Crippen molar-refractivity contribution in [1.82, 2.24) is 9.47 Å². The summed E-state index contributed by atoms with van der Waals surface area (Å²) in [6.07, 6.45) is -4.66.